The third-order valence-electron chi connectivity index (χ3n) is 12.9. The minimum atomic E-state index is -4.75. The predicted molar refractivity (Wildman–Crippen MR) is 307 cm³/mol. The van der Waals surface area contributed by atoms with Crippen molar-refractivity contribution in [2.45, 2.75) is 290 Å². The highest BCUT2D eigenvalue weighted by molar-refractivity contribution is 7.47. The molecule has 2 N–H and O–H groups in total. The number of aliphatic hydroxyl groups excluding tert-OH is 1. The van der Waals surface area contributed by atoms with E-state index >= 15 is 0 Å². The second-order valence-electron chi connectivity index (χ2n) is 20.2. The Labute approximate surface area is 453 Å². The quantitative estimate of drug-likeness (QED) is 0.0197. The maximum absolute atomic E-state index is 12.9. The van der Waals surface area contributed by atoms with Crippen molar-refractivity contribution in [3.05, 3.63) is 60.8 Å². The van der Waals surface area contributed by atoms with Gasteiger partial charge in [0.05, 0.1) is 19.8 Å². The monoisotopic (exact) mass is 1060 g/mol. The molecular formula is C62H111O11P. The van der Waals surface area contributed by atoms with Gasteiger partial charge in [-0.3, -0.25) is 23.4 Å². The summed E-state index contributed by atoms with van der Waals surface area (Å²) in [4.78, 5) is 48.6. The summed E-state index contributed by atoms with van der Waals surface area (Å²) < 4.78 is 39.5. The van der Waals surface area contributed by atoms with E-state index in [1.165, 1.54) is 109 Å². The van der Waals surface area contributed by atoms with Crippen LogP contribution in [0.2, 0.25) is 0 Å². The lowest BCUT2D eigenvalue weighted by Crippen LogP contribution is -2.30. The molecule has 3 atom stereocenters. The Kier molecular flexibility index (Phi) is 54.2. The van der Waals surface area contributed by atoms with Crippen molar-refractivity contribution >= 4 is 25.7 Å². The number of hydrogen-bond acceptors (Lipinski definition) is 10. The highest BCUT2D eigenvalue weighted by atomic mass is 31.2. The molecule has 0 rings (SSSR count). The third-order valence-corrected chi connectivity index (χ3v) is 13.8. The van der Waals surface area contributed by atoms with E-state index in [4.69, 9.17) is 23.3 Å². The molecule has 11 nitrogen and oxygen atoms in total. The van der Waals surface area contributed by atoms with Crippen molar-refractivity contribution < 1.29 is 52.2 Å². The van der Waals surface area contributed by atoms with Gasteiger partial charge in [-0.25, -0.2) is 4.57 Å². The molecule has 0 aliphatic carbocycles. The fourth-order valence-corrected chi connectivity index (χ4v) is 9.01. The molecule has 0 aliphatic heterocycles. The van der Waals surface area contributed by atoms with E-state index in [1.54, 1.807) is 0 Å². The van der Waals surface area contributed by atoms with Crippen molar-refractivity contribution in [3.8, 4) is 0 Å². The standard InChI is InChI=1S/C62H111O11P/c1-4-7-10-13-16-19-22-24-26-28-29-31-32-34-37-39-42-45-48-51-60(64)69-55-59(73-62(66)53-50-47-44-41-38-35-33-30-27-25-23-20-17-14-11-8-5-2)57-71-74(67,68)70-56-58(54-63)72-61(65)52-49-46-43-40-36-21-18-15-12-9-6-3/h15-20,24-27,58-59,63H,4-14,21-23,28-57H2,1-3H3,(H,67,68)/b18-15-,19-16-,20-17-,26-24-,27-25-. The van der Waals surface area contributed by atoms with Crippen LogP contribution in [0.3, 0.4) is 0 Å². The predicted octanol–water partition coefficient (Wildman–Crippen LogP) is 17.9. The summed E-state index contributed by atoms with van der Waals surface area (Å²) in [5.41, 5.74) is 0. The first-order valence-corrected chi connectivity index (χ1v) is 31.7. The van der Waals surface area contributed by atoms with Crippen LogP contribution in [0.25, 0.3) is 0 Å². The summed E-state index contributed by atoms with van der Waals surface area (Å²) in [6.45, 7) is 4.56. The molecule has 0 spiro atoms. The van der Waals surface area contributed by atoms with Gasteiger partial charge in [-0.1, -0.05) is 216 Å². The zero-order chi connectivity index (χ0) is 54.1. The fraction of sp³-hybridized carbons (Fsp3) is 0.790. The molecule has 0 aromatic heterocycles. The number of rotatable bonds is 56. The van der Waals surface area contributed by atoms with Gasteiger partial charge in [0.25, 0.3) is 0 Å². The number of phosphoric ester groups is 1. The second-order valence-corrected chi connectivity index (χ2v) is 21.6. The first-order chi connectivity index (χ1) is 36.2. The number of ether oxygens (including phenoxy) is 3. The Morgan fingerprint density at radius 2 is 0.676 bits per heavy atom. The minimum Gasteiger partial charge on any atom is -0.462 e. The van der Waals surface area contributed by atoms with Gasteiger partial charge in [0.15, 0.2) is 6.10 Å². The first kappa shape index (κ1) is 71.2. The van der Waals surface area contributed by atoms with E-state index in [1.807, 2.05) is 0 Å². The molecule has 0 heterocycles. The van der Waals surface area contributed by atoms with Crippen LogP contribution in [0.4, 0.5) is 0 Å². The molecule has 0 saturated heterocycles. The van der Waals surface area contributed by atoms with Crippen LogP contribution in [-0.4, -0.2) is 66.5 Å². The van der Waals surface area contributed by atoms with Gasteiger partial charge >= 0.3 is 25.7 Å². The molecule has 3 unspecified atom stereocenters. The topological polar surface area (TPSA) is 155 Å². The number of unbranched alkanes of at least 4 members (excludes halogenated alkanes) is 29. The van der Waals surface area contributed by atoms with E-state index in [2.05, 4.69) is 81.5 Å². The Morgan fingerprint density at radius 3 is 1.05 bits per heavy atom. The lowest BCUT2D eigenvalue weighted by atomic mass is 10.1. The van der Waals surface area contributed by atoms with Gasteiger partial charge in [0.2, 0.25) is 0 Å². The number of carbonyl (C=O) groups is 3. The first-order valence-electron chi connectivity index (χ1n) is 30.2. The Hall–Kier alpha value is -2.82. The molecule has 0 aromatic rings. The van der Waals surface area contributed by atoms with Gasteiger partial charge in [-0.2, -0.15) is 0 Å². The van der Waals surface area contributed by atoms with Gasteiger partial charge < -0.3 is 24.2 Å². The third kappa shape index (κ3) is 54.0. The lowest BCUT2D eigenvalue weighted by Gasteiger charge is -2.21. The molecule has 0 amide bonds. The number of phosphoric acid groups is 1. The van der Waals surface area contributed by atoms with Crippen LogP contribution in [0.5, 0.6) is 0 Å². The zero-order valence-corrected chi connectivity index (χ0v) is 48.5. The van der Waals surface area contributed by atoms with Crippen LogP contribution in [0.1, 0.15) is 278 Å². The molecular weight excluding hydrogens is 952 g/mol. The summed E-state index contributed by atoms with van der Waals surface area (Å²) >= 11 is 0. The Bertz CT molecular complexity index is 1470. The van der Waals surface area contributed by atoms with E-state index in [0.717, 1.165) is 109 Å². The van der Waals surface area contributed by atoms with Crippen molar-refractivity contribution in [2.75, 3.05) is 26.4 Å². The van der Waals surface area contributed by atoms with Crippen molar-refractivity contribution in [1.82, 2.24) is 0 Å². The fourth-order valence-electron chi connectivity index (χ4n) is 8.22. The van der Waals surface area contributed by atoms with E-state index in [0.29, 0.717) is 19.3 Å². The molecule has 12 heteroatoms. The summed E-state index contributed by atoms with van der Waals surface area (Å²) in [6.07, 6.45) is 61.7. The molecule has 0 bridgehead atoms. The van der Waals surface area contributed by atoms with Gasteiger partial charge in [0.1, 0.15) is 12.7 Å². The molecule has 0 saturated carbocycles. The zero-order valence-electron chi connectivity index (χ0n) is 47.6. The molecule has 0 aliphatic rings. The maximum atomic E-state index is 12.9. The summed E-state index contributed by atoms with van der Waals surface area (Å²) in [5.74, 6) is -1.48. The summed E-state index contributed by atoms with van der Waals surface area (Å²) in [5, 5.41) is 9.80. The van der Waals surface area contributed by atoms with Crippen molar-refractivity contribution in [1.29, 1.82) is 0 Å². The van der Waals surface area contributed by atoms with E-state index < -0.39 is 57.8 Å². The van der Waals surface area contributed by atoms with Gasteiger partial charge in [-0.05, 0) is 103 Å². The maximum Gasteiger partial charge on any atom is 0.472 e. The summed E-state index contributed by atoms with van der Waals surface area (Å²) in [7, 11) is -4.75. The molecule has 430 valence electrons. The van der Waals surface area contributed by atoms with Crippen molar-refractivity contribution in [3.63, 3.8) is 0 Å². The molecule has 0 fully saturated rings. The number of carbonyl (C=O) groups excluding carboxylic acids is 3. The smallest absolute Gasteiger partial charge is 0.462 e. The normalized spacial score (nSPS) is 13.7. The molecule has 0 radical (unpaired) electrons. The highest BCUT2D eigenvalue weighted by Gasteiger charge is 2.28. The summed E-state index contributed by atoms with van der Waals surface area (Å²) in [6, 6.07) is 0. The number of allylic oxidation sites excluding steroid dienone is 10. The number of hydrogen-bond donors (Lipinski definition) is 2. The van der Waals surface area contributed by atoms with Crippen LogP contribution in [0.15, 0.2) is 60.8 Å². The van der Waals surface area contributed by atoms with Crippen LogP contribution in [-0.2, 0) is 42.2 Å². The molecule has 0 aromatic carbocycles. The number of esters is 3. The Morgan fingerprint density at radius 1 is 0.378 bits per heavy atom. The van der Waals surface area contributed by atoms with E-state index in [9.17, 15) is 28.9 Å². The molecule has 74 heavy (non-hydrogen) atoms. The number of aliphatic hydroxyl groups is 1. The van der Waals surface area contributed by atoms with Crippen LogP contribution < -0.4 is 0 Å². The van der Waals surface area contributed by atoms with Crippen LogP contribution in [0, 0.1) is 0 Å². The minimum absolute atomic E-state index is 0.157. The van der Waals surface area contributed by atoms with E-state index in [-0.39, 0.29) is 25.9 Å². The highest BCUT2D eigenvalue weighted by Crippen LogP contribution is 2.43. The largest absolute Gasteiger partial charge is 0.472 e. The average Bonchev–Trinajstić information content (AvgIpc) is 3.39. The SMILES string of the molecule is CCCC/C=C\CCCCCCCC(=O)OC(CO)COP(=O)(O)OCC(COC(=O)CCCCCCCCCCC/C=C\C/C=C\CCCCC)OC(=O)CCCCCCCCC/C=C\C/C=C\CCCCC. The Balaban J connectivity index is 4.72. The van der Waals surface area contributed by atoms with Gasteiger partial charge in [-0.15, -0.1) is 0 Å². The van der Waals surface area contributed by atoms with Crippen LogP contribution >= 0.6 is 7.82 Å². The average molecular weight is 1060 g/mol. The van der Waals surface area contributed by atoms with Crippen molar-refractivity contribution in [2.24, 2.45) is 0 Å². The lowest BCUT2D eigenvalue weighted by molar-refractivity contribution is -0.161. The van der Waals surface area contributed by atoms with Gasteiger partial charge in [0, 0.05) is 19.3 Å². The second kappa shape index (κ2) is 56.4.